The molecule has 0 N–H and O–H groups in total. The zero-order valence-corrected chi connectivity index (χ0v) is 9.87. The first-order valence-electron chi connectivity index (χ1n) is 4.12. The van der Waals surface area contributed by atoms with E-state index in [0.717, 1.165) is 6.26 Å². The van der Waals surface area contributed by atoms with Gasteiger partial charge in [0.15, 0.2) is 0 Å². The van der Waals surface area contributed by atoms with E-state index in [1.807, 2.05) is 13.8 Å². The molecule has 78 valence electrons. The third-order valence-electron chi connectivity index (χ3n) is 1.33. The lowest BCUT2D eigenvalue weighted by Gasteiger charge is -2.02. The summed E-state index contributed by atoms with van der Waals surface area (Å²) in [7, 11) is -2.99. The highest BCUT2D eigenvalue weighted by Gasteiger charge is 2.08. The Morgan fingerprint density at radius 1 is 1.38 bits per heavy atom. The smallest absolute Gasteiger partial charge is 0.147 e. The van der Waals surface area contributed by atoms with Crippen molar-refractivity contribution >= 4 is 27.4 Å². The molecule has 0 spiro atoms. The van der Waals surface area contributed by atoms with Gasteiger partial charge in [-0.15, -0.1) is 0 Å². The highest BCUT2D eigenvalue weighted by molar-refractivity contribution is 8.00. The highest BCUT2D eigenvalue weighted by Crippen LogP contribution is 2.09. The molecule has 0 bridgehead atoms. The van der Waals surface area contributed by atoms with Crippen molar-refractivity contribution in [3.63, 3.8) is 0 Å². The number of hydrogen-bond acceptors (Lipinski definition) is 4. The molecule has 0 amide bonds. The number of ketones is 1. The second kappa shape index (κ2) is 5.65. The molecule has 0 heterocycles. The summed E-state index contributed by atoms with van der Waals surface area (Å²) >= 11 is 1.55. The lowest BCUT2D eigenvalue weighted by atomic mass is 10.3. The van der Waals surface area contributed by atoms with Crippen LogP contribution >= 0.6 is 11.8 Å². The minimum atomic E-state index is -2.99. The van der Waals surface area contributed by atoms with Crippen molar-refractivity contribution in [2.24, 2.45) is 0 Å². The molecule has 0 aliphatic heterocycles. The van der Waals surface area contributed by atoms with Gasteiger partial charge in [0.2, 0.25) is 0 Å². The van der Waals surface area contributed by atoms with Gasteiger partial charge in [-0.2, -0.15) is 11.8 Å². The van der Waals surface area contributed by atoms with Crippen LogP contribution in [0.2, 0.25) is 0 Å². The average Bonchev–Trinajstić information content (AvgIpc) is 1.95. The molecular formula is C8H16O3S2. The number of rotatable bonds is 6. The van der Waals surface area contributed by atoms with Gasteiger partial charge >= 0.3 is 0 Å². The lowest BCUT2D eigenvalue weighted by Crippen LogP contribution is -2.11. The molecule has 0 unspecified atom stereocenters. The van der Waals surface area contributed by atoms with Gasteiger partial charge in [-0.3, -0.25) is 4.79 Å². The van der Waals surface area contributed by atoms with E-state index in [-0.39, 0.29) is 18.0 Å². The van der Waals surface area contributed by atoms with Gasteiger partial charge < -0.3 is 0 Å². The van der Waals surface area contributed by atoms with Crippen LogP contribution in [0.25, 0.3) is 0 Å². The fourth-order valence-corrected chi connectivity index (χ4v) is 1.89. The van der Waals surface area contributed by atoms with Gasteiger partial charge in [0.1, 0.15) is 15.6 Å². The molecule has 0 saturated heterocycles. The monoisotopic (exact) mass is 224 g/mol. The first kappa shape index (κ1) is 13.0. The van der Waals surface area contributed by atoms with Crippen molar-refractivity contribution in [1.29, 1.82) is 0 Å². The van der Waals surface area contributed by atoms with Crippen LogP contribution in [0.4, 0.5) is 0 Å². The van der Waals surface area contributed by atoms with Crippen LogP contribution in [0.5, 0.6) is 0 Å². The summed E-state index contributed by atoms with van der Waals surface area (Å²) in [6.45, 7) is 4.02. The van der Waals surface area contributed by atoms with Crippen molar-refractivity contribution in [2.45, 2.75) is 25.5 Å². The van der Waals surface area contributed by atoms with Gasteiger partial charge in [0, 0.05) is 12.7 Å². The summed E-state index contributed by atoms with van der Waals surface area (Å²) in [4.78, 5) is 11.1. The Kier molecular flexibility index (Phi) is 5.64. The van der Waals surface area contributed by atoms with Gasteiger partial charge in [-0.25, -0.2) is 8.42 Å². The first-order chi connectivity index (χ1) is 5.81. The Balaban J connectivity index is 3.65. The largest absolute Gasteiger partial charge is 0.299 e. The van der Waals surface area contributed by atoms with E-state index in [2.05, 4.69) is 0 Å². The van der Waals surface area contributed by atoms with Crippen LogP contribution in [-0.4, -0.2) is 37.2 Å². The molecule has 0 atom stereocenters. The van der Waals surface area contributed by atoms with Crippen LogP contribution in [0.15, 0.2) is 0 Å². The van der Waals surface area contributed by atoms with Crippen LogP contribution in [0.1, 0.15) is 20.3 Å². The van der Waals surface area contributed by atoms with Gasteiger partial charge in [0.05, 0.1) is 11.5 Å². The fraction of sp³-hybridized carbons (Fsp3) is 0.875. The second-order valence-corrected chi connectivity index (χ2v) is 7.10. The summed E-state index contributed by atoms with van der Waals surface area (Å²) in [6, 6.07) is 0. The third kappa shape index (κ3) is 9.89. The summed E-state index contributed by atoms with van der Waals surface area (Å²) in [5.74, 6) is 0.418. The zero-order valence-electron chi connectivity index (χ0n) is 8.24. The molecule has 0 rings (SSSR count). The molecule has 0 aliphatic rings. The minimum absolute atomic E-state index is 0.0177. The van der Waals surface area contributed by atoms with E-state index in [1.54, 1.807) is 11.8 Å². The van der Waals surface area contributed by atoms with E-state index < -0.39 is 9.84 Å². The number of hydrogen-bond donors (Lipinski definition) is 0. The maximum atomic E-state index is 11.1. The third-order valence-corrected chi connectivity index (χ3v) is 3.43. The van der Waals surface area contributed by atoms with E-state index in [4.69, 9.17) is 0 Å². The van der Waals surface area contributed by atoms with Crippen LogP contribution in [0.3, 0.4) is 0 Å². The van der Waals surface area contributed by atoms with E-state index in [9.17, 15) is 13.2 Å². The predicted molar refractivity (Wildman–Crippen MR) is 56.9 cm³/mol. The van der Waals surface area contributed by atoms with Crippen LogP contribution in [0, 0.1) is 0 Å². The summed E-state index contributed by atoms with van der Waals surface area (Å²) < 4.78 is 21.4. The maximum absolute atomic E-state index is 11.1. The van der Waals surface area contributed by atoms with Gasteiger partial charge in [0.25, 0.3) is 0 Å². The highest BCUT2D eigenvalue weighted by atomic mass is 32.2. The second-order valence-electron chi connectivity index (χ2n) is 3.28. The molecule has 13 heavy (non-hydrogen) atoms. The molecule has 0 aromatic rings. The predicted octanol–water partition coefficient (Wildman–Crippen LogP) is 1.13. The Bertz CT molecular complexity index is 255. The zero-order chi connectivity index (χ0) is 10.5. The Morgan fingerprint density at radius 2 is 1.92 bits per heavy atom. The number of Topliss-reactive ketones (excluding diaryl/α,β-unsaturated/α-hetero) is 1. The molecular weight excluding hydrogens is 208 g/mol. The molecule has 0 aromatic carbocycles. The molecule has 0 saturated carbocycles. The minimum Gasteiger partial charge on any atom is -0.299 e. The van der Waals surface area contributed by atoms with Crippen LogP contribution in [-0.2, 0) is 14.6 Å². The number of carbonyl (C=O) groups is 1. The summed E-state index contributed by atoms with van der Waals surface area (Å²) in [5, 5.41) is 0.419. The fourth-order valence-electron chi connectivity index (χ4n) is 0.631. The average molecular weight is 224 g/mol. The van der Waals surface area contributed by atoms with E-state index in [0.29, 0.717) is 11.0 Å². The Hall–Kier alpha value is -0.0300. The van der Waals surface area contributed by atoms with Crippen molar-refractivity contribution in [3.05, 3.63) is 0 Å². The summed E-state index contributed by atoms with van der Waals surface area (Å²) in [5.41, 5.74) is 0. The molecule has 3 nitrogen and oxygen atoms in total. The van der Waals surface area contributed by atoms with Crippen molar-refractivity contribution in [3.8, 4) is 0 Å². The standard InChI is InChI=1S/C8H16O3S2/c1-7(2)12-6-8(9)4-5-13(3,10)11/h7H,4-6H2,1-3H3. The number of carbonyl (C=O) groups excluding carboxylic acids is 1. The van der Waals surface area contributed by atoms with Gasteiger partial charge in [-0.1, -0.05) is 13.8 Å². The lowest BCUT2D eigenvalue weighted by molar-refractivity contribution is -0.116. The molecule has 5 heteroatoms. The molecule has 0 aromatic heterocycles. The topological polar surface area (TPSA) is 51.2 Å². The van der Waals surface area contributed by atoms with Gasteiger partial charge in [-0.05, 0) is 5.25 Å². The number of thioether (sulfide) groups is 1. The van der Waals surface area contributed by atoms with Crippen molar-refractivity contribution in [1.82, 2.24) is 0 Å². The number of sulfone groups is 1. The van der Waals surface area contributed by atoms with Crippen molar-refractivity contribution < 1.29 is 13.2 Å². The maximum Gasteiger partial charge on any atom is 0.147 e. The SMILES string of the molecule is CC(C)SCC(=O)CCS(C)(=O)=O. The first-order valence-corrected chi connectivity index (χ1v) is 7.23. The molecule has 0 aliphatic carbocycles. The van der Waals surface area contributed by atoms with Crippen molar-refractivity contribution in [2.75, 3.05) is 17.8 Å². The van der Waals surface area contributed by atoms with E-state index >= 15 is 0 Å². The Morgan fingerprint density at radius 3 is 2.31 bits per heavy atom. The van der Waals surface area contributed by atoms with Crippen LogP contribution < -0.4 is 0 Å². The molecule has 0 radical (unpaired) electrons. The normalized spacial score (nSPS) is 12.0. The van der Waals surface area contributed by atoms with E-state index in [1.165, 1.54) is 0 Å². The summed E-state index contributed by atoms with van der Waals surface area (Å²) in [6.07, 6.45) is 1.30. The quantitative estimate of drug-likeness (QED) is 0.678. The molecule has 0 fully saturated rings. The Labute approximate surface area is 84.2 Å².